The van der Waals surface area contributed by atoms with Crippen LogP contribution in [0.2, 0.25) is 5.02 Å². The zero-order valence-electron chi connectivity index (χ0n) is 13.7. The molecule has 3 rings (SSSR count). The number of aromatic nitrogens is 2. The van der Waals surface area contributed by atoms with Crippen LogP contribution in [0.5, 0.6) is 0 Å². The average Bonchev–Trinajstić information content (AvgIpc) is 2.58. The highest BCUT2D eigenvalue weighted by atomic mass is 35.5. The summed E-state index contributed by atoms with van der Waals surface area (Å²) >= 11 is 5.99. The Morgan fingerprint density at radius 1 is 1.32 bits per heavy atom. The van der Waals surface area contributed by atoms with Gasteiger partial charge in [0.1, 0.15) is 17.0 Å². The lowest BCUT2D eigenvalue weighted by Gasteiger charge is -2.18. The molecule has 3 aromatic rings. The van der Waals surface area contributed by atoms with E-state index in [1.54, 1.807) is 18.3 Å². The number of carbonyl (C=O) groups is 1. The van der Waals surface area contributed by atoms with E-state index in [1.807, 2.05) is 13.0 Å². The third-order valence-corrected chi connectivity index (χ3v) is 4.24. The van der Waals surface area contributed by atoms with Crippen molar-refractivity contribution in [2.45, 2.75) is 13.5 Å². The van der Waals surface area contributed by atoms with Gasteiger partial charge in [0, 0.05) is 36.6 Å². The molecule has 2 heterocycles. The zero-order chi connectivity index (χ0) is 18.1. The Morgan fingerprint density at radius 3 is 2.80 bits per heavy atom. The summed E-state index contributed by atoms with van der Waals surface area (Å²) in [6.07, 6.45) is 2.87. The lowest BCUT2D eigenvalue weighted by Crippen LogP contribution is -2.33. The smallest absolute Gasteiger partial charge is 0.270 e. The molecule has 0 aliphatic carbocycles. The molecule has 0 aliphatic rings. The third kappa shape index (κ3) is 3.25. The summed E-state index contributed by atoms with van der Waals surface area (Å²) in [6.45, 7) is 1.78. The molecule has 25 heavy (non-hydrogen) atoms. The van der Waals surface area contributed by atoms with Crippen LogP contribution in [0, 0.1) is 12.7 Å². The number of nitrogens with zero attached hydrogens (tertiary/aromatic N) is 3. The third-order valence-electron chi connectivity index (χ3n) is 3.88. The Morgan fingerprint density at radius 2 is 2.08 bits per heavy atom. The van der Waals surface area contributed by atoms with E-state index in [0.717, 1.165) is 5.56 Å². The topological polar surface area (TPSA) is 54.7 Å². The van der Waals surface area contributed by atoms with Gasteiger partial charge in [-0.05, 0) is 30.7 Å². The quantitative estimate of drug-likeness (QED) is 0.722. The van der Waals surface area contributed by atoms with Crippen LogP contribution in [0.15, 0.2) is 47.5 Å². The van der Waals surface area contributed by atoms with E-state index in [0.29, 0.717) is 5.65 Å². The summed E-state index contributed by atoms with van der Waals surface area (Å²) < 4.78 is 15.2. The van der Waals surface area contributed by atoms with E-state index >= 15 is 0 Å². The molecule has 0 N–H and O–H groups in total. The first-order chi connectivity index (χ1) is 11.9. The molecule has 0 spiro atoms. The molecule has 0 unspecified atom stereocenters. The standard InChI is InChI=1S/C18H15ClFN3O2/c1-11-6-7-16-21-8-12(18(25)23(16)9-11)17(24)22(2)10-13-14(19)4-3-5-15(13)20/h3-9H,10H2,1-2H3. The van der Waals surface area contributed by atoms with Crippen molar-refractivity contribution >= 4 is 23.2 Å². The maximum atomic E-state index is 13.9. The largest absolute Gasteiger partial charge is 0.337 e. The molecule has 0 saturated carbocycles. The van der Waals surface area contributed by atoms with Crippen LogP contribution >= 0.6 is 11.6 Å². The van der Waals surface area contributed by atoms with E-state index in [2.05, 4.69) is 4.98 Å². The van der Waals surface area contributed by atoms with Crippen molar-refractivity contribution in [2.75, 3.05) is 7.05 Å². The normalized spacial score (nSPS) is 10.9. The Balaban J connectivity index is 1.96. The Hall–Kier alpha value is -2.73. The molecule has 0 fully saturated rings. The molecule has 1 aromatic carbocycles. The molecule has 2 aromatic heterocycles. The van der Waals surface area contributed by atoms with Crippen molar-refractivity contribution in [1.29, 1.82) is 0 Å². The predicted molar refractivity (Wildman–Crippen MR) is 93.4 cm³/mol. The molecule has 0 bridgehead atoms. The molecular formula is C18H15ClFN3O2. The highest BCUT2D eigenvalue weighted by Crippen LogP contribution is 2.20. The second kappa shape index (κ2) is 6.64. The zero-order valence-corrected chi connectivity index (χ0v) is 14.4. The van der Waals surface area contributed by atoms with Gasteiger partial charge in [-0.1, -0.05) is 23.7 Å². The van der Waals surface area contributed by atoms with Crippen molar-refractivity contribution < 1.29 is 9.18 Å². The lowest BCUT2D eigenvalue weighted by molar-refractivity contribution is 0.0781. The van der Waals surface area contributed by atoms with Crippen LogP contribution < -0.4 is 5.56 Å². The van der Waals surface area contributed by atoms with Gasteiger partial charge in [0.25, 0.3) is 11.5 Å². The minimum Gasteiger partial charge on any atom is -0.337 e. The van der Waals surface area contributed by atoms with Crippen LogP contribution in [-0.2, 0) is 6.54 Å². The van der Waals surface area contributed by atoms with Crippen LogP contribution in [0.3, 0.4) is 0 Å². The number of amides is 1. The maximum Gasteiger partial charge on any atom is 0.270 e. The summed E-state index contributed by atoms with van der Waals surface area (Å²) in [4.78, 5) is 30.6. The molecule has 0 saturated heterocycles. The molecule has 0 atom stereocenters. The van der Waals surface area contributed by atoms with Gasteiger partial charge < -0.3 is 4.90 Å². The number of rotatable bonds is 3. The van der Waals surface area contributed by atoms with Gasteiger partial charge >= 0.3 is 0 Å². The minimum absolute atomic E-state index is 0.0553. The van der Waals surface area contributed by atoms with Crippen LogP contribution in [0.1, 0.15) is 21.5 Å². The summed E-state index contributed by atoms with van der Waals surface area (Å²) in [5.41, 5.74) is 0.965. The predicted octanol–water partition coefficient (Wildman–Crippen LogP) is 3.07. The van der Waals surface area contributed by atoms with Crippen molar-refractivity contribution in [1.82, 2.24) is 14.3 Å². The molecule has 5 nitrogen and oxygen atoms in total. The number of carbonyl (C=O) groups excluding carboxylic acids is 1. The lowest BCUT2D eigenvalue weighted by atomic mass is 10.2. The maximum absolute atomic E-state index is 13.9. The fourth-order valence-electron chi connectivity index (χ4n) is 2.53. The highest BCUT2D eigenvalue weighted by molar-refractivity contribution is 6.31. The van der Waals surface area contributed by atoms with Gasteiger partial charge in [-0.25, -0.2) is 9.37 Å². The first-order valence-corrected chi connectivity index (χ1v) is 7.92. The van der Waals surface area contributed by atoms with E-state index < -0.39 is 17.3 Å². The van der Waals surface area contributed by atoms with Crippen molar-refractivity contribution in [2.24, 2.45) is 0 Å². The van der Waals surface area contributed by atoms with Gasteiger partial charge in [-0.2, -0.15) is 0 Å². The van der Waals surface area contributed by atoms with Gasteiger partial charge in [0.05, 0.1) is 0 Å². The molecule has 7 heteroatoms. The van der Waals surface area contributed by atoms with Crippen LogP contribution in [-0.4, -0.2) is 27.2 Å². The van der Waals surface area contributed by atoms with Gasteiger partial charge in [0.2, 0.25) is 0 Å². The molecule has 0 radical (unpaired) electrons. The monoisotopic (exact) mass is 359 g/mol. The molecular weight excluding hydrogens is 345 g/mol. The number of pyridine rings is 1. The summed E-state index contributed by atoms with van der Waals surface area (Å²) in [5, 5.41) is 0.226. The number of hydrogen-bond donors (Lipinski definition) is 0. The number of halogens is 2. The number of hydrogen-bond acceptors (Lipinski definition) is 3. The van der Waals surface area contributed by atoms with Crippen molar-refractivity contribution in [3.63, 3.8) is 0 Å². The first-order valence-electron chi connectivity index (χ1n) is 7.55. The molecule has 128 valence electrons. The number of benzene rings is 1. The second-order valence-electron chi connectivity index (χ2n) is 5.77. The highest BCUT2D eigenvalue weighted by Gasteiger charge is 2.19. The minimum atomic E-state index is -0.548. The second-order valence-corrected chi connectivity index (χ2v) is 6.18. The first kappa shape index (κ1) is 17.1. The van der Waals surface area contributed by atoms with Gasteiger partial charge in [-0.3, -0.25) is 14.0 Å². The SMILES string of the molecule is Cc1ccc2ncc(C(=O)N(C)Cc3c(F)cccc3Cl)c(=O)n2c1. The molecule has 0 aliphatic heterocycles. The fraction of sp³-hybridized carbons (Fsp3) is 0.167. The fourth-order valence-corrected chi connectivity index (χ4v) is 2.75. The average molecular weight is 360 g/mol. The van der Waals surface area contributed by atoms with Crippen molar-refractivity contribution in [3.8, 4) is 0 Å². The Labute approximate surface area is 148 Å². The van der Waals surface area contributed by atoms with E-state index in [-0.39, 0.29) is 22.7 Å². The van der Waals surface area contributed by atoms with Gasteiger partial charge in [0.15, 0.2) is 0 Å². The Bertz CT molecular complexity index is 1010. The van der Waals surface area contributed by atoms with E-state index in [1.165, 1.54) is 34.7 Å². The van der Waals surface area contributed by atoms with Crippen LogP contribution in [0.25, 0.3) is 5.65 Å². The summed E-state index contributed by atoms with van der Waals surface area (Å²) in [5.74, 6) is -1.05. The van der Waals surface area contributed by atoms with Gasteiger partial charge in [-0.15, -0.1) is 0 Å². The molecule has 1 amide bonds. The summed E-state index contributed by atoms with van der Waals surface area (Å²) in [7, 11) is 1.48. The van der Waals surface area contributed by atoms with E-state index in [9.17, 15) is 14.0 Å². The summed E-state index contributed by atoms with van der Waals surface area (Å²) in [6, 6.07) is 7.84. The number of aryl methyl sites for hydroxylation is 1. The van der Waals surface area contributed by atoms with E-state index in [4.69, 9.17) is 11.6 Å². The van der Waals surface area contributed by atoms with Crippen LogP contribution in [0.4, 0.5) is 4.39 Å². The Kier molecular flexibility index (Phi) is 4.55. The van der Waals surface area contributed by atoms with Crippen molar-refractivity contribution in [3.05, 3.63) is 80.6 Å². The number of fused-ring (bicyclic) bond motifs is 1.